The first-order valence-electron chi connectivity index (χ1n) is 6.38. The van der Waals surface area contributed by atoms with Gasteiger partial charge in [0.1, 0.15) is 5.78 Å². The molecule has 88 valence electrons. The number of hydrogen-bond acceptors (Lipinski definition) is 2. The zero-order valence-electron chi connectivity index (χ0n) is 10.1. The van der Waals surface area contributed by atoms with E-state index in [1.165, 1.54) is 30.8 Å². The summed E-state index contributed by atoms with van der Waals surface area (Å²) in [5.74, 6) is 4.13. The molecule has 0 heterocycles. The van der Waals surface area contributed by atoms with Gasteiger partial charge in [0.25, 0.3) is 0 Å². The van der Waals surface area contributed by atoms with Crippen molar-refractivity contribution in [2.24, 2.45) is 11.8 Å². The maximum Gasteiger partial charge on any atom is 0.136 e. The Morgan fingerprint density at radius 3 is 2.80 bits per heavy atom. The monoisotopic (exact) mass is 228 g/mol. The van der Waals surface area contributed by atoms with Gasteiger partial charge in [-0.2, -0.15) is 11.8 Å². The van der Waals surface area contributed by atoms with Crippen molar-refractivity contribution in [1.29, 1.82) is 0 Å². The fourth-order valence-corrected chi connectivity index (χ4v) is 3.26. The molecule has 2 atom stereocenters. The van der Waals surface area contributed by atoms with E-state index in [0.29, 0.717) is 11.7 Å². The molecule has 0 spiro atoms. The van der Waals surface area contributed by atoms with Crippen LogP contribution in [0.4, 0.5) is 0 Å². The first-order chi connectivity index (χ1) is 7.27. The average Bonchev–Trinajstić information content (AvgIpc) is 2.23. The van der Waals surface area contributed by atoms with Crippen molar-refractivity contribution in [3.63, 3.8) is 0 Å². The van der Waals surface area contributed by atoms with Gasteiger partial charge in [-0.25, -0.2) is 0 Å². The van der Waals surface area contributed by atoms with E-state index in [-0.39, 0.29) is 0 Å². The second-order valence-electron chi connectivity index (χ2n) is 4.58. The summed E-state index contributed by atoms with van der Waals surface area (Å²) in [6.07, 6.45) is 6.91. The fraction of sp³-hybridized carbons (Fsp3) is 0.923. The van der Waals surface area contributed by atoms with Gasteiger partial charge in [0.15, 0.2) is 0 Å². The summed E-state index contributed by atoms with van der Waals surface area (Å²) in [6, 6.07) is 0. The number of Topliss-reactive ketones (excluding diaryl/α,β-unsaturated/α-hetero) is 1. The predicted octanol–water partition coefficient (Wildman–Crippen LogP) is 3.92. The van der Waals surface area contributed by atoms with Crippen LogP contribution in [0.3, 0.4) is 0 Å². The number of hydrogen-bond donors (Lipinski definition) is 0. The Bertz CT molecular complexity index is 191. The topological polar surface area (TPSA) is 17.1 Å². The van der Waals surface area contributed by atoms with Gasteiger partial charge in [-0.15, -0.1) is 0 Å². The number of thioether (sulfide) groups is 1. The molecular weight excluding hydrogens is 204 g/mol. The molecule has 0 amide bonds. The highest BCUT2D eigenvalue weighted by atomic mass is 32.2. The maximum absolute atomic E-state index is 11.7. The highest BCUT2D eigenvalue weighted by molar-refractivity contribution is 7.99. The zero-order valence-corrected chi connectivity index (χ0v) is 10.9. The number of carbonyl (C=O) groups excluding carboxylic acids is 1. The van der Waals surface area contributed by atoms with E-state index in [9.17, 15) is 4.79 Å². The summed E-state index contributed by atoms with van der Waals surface area (Å²) in [5, 5.41) is 0. The van der Waals surface area contributed by atoms with E-state index in [1.807, 2.05) is 11.8 Å². The molecule has 2 unspecified atom stereocenters. The lowest BCUT2D eigenvalue weighted by molar-refractivity contribution is -0.125. The minimum atomic E-state index is 0.398. The Hall–Kier alpha value is 0.0200. The smallest absolute Gasteiger partial charge is 0.136 e. The van der Waals surface area contributed by atoms with Crippen molar-refractivity contribution in [2.45, 2.75) is 52.4 Å². The second-order valence-corrected chi connectivity index (χ2v) is 5.97. The van der Waals surface area contributed by atoms with E-state index in [4.69, 9.17) is 0 Å². The van der Waals surface area contributed by atoms with Crippen molar-refractivity contribution in [3.05, 3.63) is 0 Å². The van der Waals surface area contributed by atoms with Gasteiger partial charge in [-0.1, -0.05) is 26.7 Å². The Kier molecular flexibility index (Phi) is 6.39. The minimum absolute atomic E-state index is 0.398. The average molecular weight is 228 g/mol. The van der Waals surface area contributed by atoms with Crippen LogP contribution in [0, 0.1) is 11.8 Å². The highest BCUT2D eigenvalue weighted by Gasteiger charge is 2.27. The Morgan fingerprint density at radius 2 is 2.13 bits per heavy atom. The van der Waals surface area contributed by atoms with Crippen LogP contribution >= 0.6 is 11.8 Å². The molecule has 0 aromatic heterocycles. The third-order valence-corrected chi connectivity index (χ3v) is 4.32. The normalized spacial score (nSPS) is 26.9. The van der Waals surface area contributed by atoms with Crippen molar-refractivity contribution in [1.82, 2.24) is 0 Å². The van der Waals surface area contributed by atoms with Gasteiger partial charge in [0.2, 0.25) is 0 Å². The molecule has 0 aromatic carbocycles. The maximum atomic E-state index is 11.7. The molecule has 0 radical (unpaired) electrons. The van der Waals surface area contributed by atoms with Crippen LogP contribution in [0.15, 0.2) is 0 Å². The van der Waals surface area contributed by atoms with Crippen LogP contribution in [0.2, 0.25) is 0 Å². The molecular formula is C13H24OS. The summed E-state index contributed by atoms with van der Waals surface area (Å²) in [5.41, 5.74) is 0. The van der Waals surface area contributed by atoms with Crippen molar-refractivity contribution in [3.8, 4) is 0 Å². The number of carbonyl (C=O) groups is 1. The van der Waals surface area contributed by atoms with Crippen molar-refractivity contribution >= 4 is 17.5 Å². The molecule has 1 aliphatic carbocycles. The van der Waals surface area contributed by atoms with Gasteiger partial charge >= 0.3 is 0 Å². The quantitative estimate of drug-likeness (QED) is 0.641. The predicted molar refractivity (Wildman–Crippen MR) is 68.4 cm³/mol. The summed E-state index contributed by atoms with van der Waals surface area (Å²) < 4.78 is 0. The van der Waals surface area contributed by atoms with Gasteiger partial charge < -0.3 is 0 Å². The van der Waals surface area contributed by atoms with E-state index in [1.54, 1.807) is 0 Å². The van der Waals surface area contributed by atoms with Gasteiger partial charge in [-0.3, -0.25) is 4.79 Å². The summed E-state index contributed by atoms with van der Waals surface area (Å²) in [4.78, 5) is 11.7. The van der Waals surface area contributed by atoms with E-state index >= 15 is 0 Å². The lowest BCUT2D eigenvalue weighted by Crippen LogP contribution is -2.25. The van der Waals surface area contributed by atoms with E-state index < -0.39 is 0 Å². The molecule has 0 N–H and O–H groups in total. The van der Waals surface area contributed by atoms with Crippen LogP contribution in [0.5, 0.6) is 0 Å². The first-order valence-corrected chi connectivity index (χ1v) is 7.53. The van der Waals surface area contributed by atoms with Gasteiger partial charge in [0.05, 0.1) is 0 Å². The summed E-state index contributed by atoms with van der Waals surface area (Å²) in [6.45, 7) is 4.44. The van der Waals surface area contributed by atoms with Crippen LogP contribution in [-0.2, 0) is 4.79 Å². The SMILES string of the molecule is CCCC1CCC(=O)C(CCSCC)C1. The van der Waals surface area contributed by atoms with E-state index in [0.717, 1.165) is 25.2 Å². The molecule has 1 aliphatic rings. The van der Waals surface area contributed by atoms with Crippen LogP contribution in [0.1, 0.15) is 52.4 Å². The molecule has 1 saturated carbocycles. The van der Waals surface area contributed by atoms with Gasteiger partial charge in [-0.05, 0) is 36.7 Å². The molecule has 1 nitrogen and oxygen atoms in total. The van der Waals surface area contributed by atoms with Gasteiger partial charge in [0, 0.05) is 12.3 Å². The third kappa shape index (κ3) is 4.58. The number of rotatable bonds is 6. The fourth-order valence-electron chi connectivity index (χ4n) is 2.52. The second kappa shape index (κ2) is 7.32. The largest absolute Gasteiger partial charge is 0.299 e. The molecule has 2 heteroatoms. The lowest BCUT2D eigenvalue weighted by atomic mass is 9.77. The number of ketones is 1. The standard InChI is InChI=1S/C13H24OS/c1-3-5-11-6-7-13(14)12(10-11)8-9-15-4-2/h11-12H,3-10H2,1-2H3. The van der Waals surface area contributed by atoms with E-state index in [2.05, 4.69) is 13.8 Å². The molecule has 0 aromatic rings. The molecule has 1 rings (SSSR count). The first kappa shape index (κ1) is 13.1. The third-order valence-electron chi connectivity index (χ3n) is 3.38. The molecule has 0 saturated heterocycles. The van der Waals surface area contributed by atoms with Crippen LogP contribution in [0.25, 0.3) is 0 Å². The molecule has 0 aliphatic heterocycles. The summed E-state index contributed by atoms with van der Waals surface area (Å²) in [7, 11) is 0. The zero-order chi connectivity index (χ0) is 11.1. The van der Waals surface area contributed by atoms with Crippen LogP contribution < -0.4 is 0 Å². The van der Waals surface area contributed by atoms with Crippen LogP contribution in [-0.4, -0.2) is 17.3 Å². The highest BCUT2D eigenvalue weighted by Crippen LogP contribution is 2.32. The summed E-state index contributed by atoms with van der Waals surface area (Å²) >= 11 is 1.97. The van der Waals surface area contributed by atoms with Crippen molar-refractivity contribution in [2.75, 3.05) is 11.5 Å². The Morgan fingerprint density at radius 1 is 1.33 bits per heavy atom. The molecule has 0 bridgehead atoms. The minimum Gasteiger partial charge on any atom is -0.299 e. The molecule has 1 fully saturated rings. The van der Waals surface area contributed by atoms with Crippen molar-refractivity contribution < 1.29 is 4.79 Å². The lowest BCUT2D eigenvalue weighted by Gasteiger charge is -2.27. The Labute approximate surface area is 98.4 Å². The Balaban J connectivity index is 2.29. The molecule has 15 heavy (non-hydrogen) atoms.